The third kappa shape index (κ3) is 7.67. The van der Waals surface area contributed by atoms with Crippen LogP contribution in [-0.4, -0.2) is 50.7 Å². The lowest BCUT2D eigenvalue weighted by Gasteiger charge is -2.22. The normalized spacial score (nSPS) is 18.9. The van der Waals surface area contributed by atoms with E-state index in [1.165, 1.54) is 0 Å². The number of amides is 1. The van der Waals surface area contributed by atoms with Gasteiger partial charge in [-0.1, -0.05) is 12.1 Å². The van der Waals surface area contributed by atoms with Crippen LogP contribution in [0.4, 0.5) is 0 Å². The first-order chi connectivity index (χ1) is 15.9. The first-order valence-corrected chi connectivity index (χ1v) is 12.0. The number of aryl methyl sites for hydroxylation is 1. The molecule has 0 atom stereocenters. The molecule has 1 aliphatic carbocycles. The smallest absolute Gasteiger partial charge is 0.251 e. The fourth-order valence-corrected chi connectivity index (χ4v) is 4.06. The molecule has 0 unspecified atom stereocenters. The Morgan fingerprint density at radius 1 is 1.15 bits per heavy atom. The molecule has 1 heterocycles. The molecule has 0 bridgehead atoms. The Bertz CT molecular complexity index is 964. The second-order valence-electron chi connectivity index (χ2n) is 9.18. The molecule has 1 aromatic rings. The van der Waals surface area contributed by atoms with Crippen molar-refractivity contribution < 1.29 is 9.53 Å². The van der Waals surface area contributed by atoms with Crippen molar-refractivity contribution in [1.29, 1.82) is 0 Å². The van der Waals surface area contributed by atoms with Crippen LogP contribution in [-0.2, 0) is 4.74 Å². The molecular weight excluding hydrogens is 412 g/mol. The molecule has 1 amide bonds. The van der Waals surface area contributed by atoms with Crippen LogP contribution in [0.15, 0.2) is 45.7 Å². The molecular formula is C27H38N4O2. The van der Waals surface area contributed by atoms with Crippen molar-refractivity contribution in [1.82, 2.24) is 10.6 Å². The minimum Gasteiger partial charge on any atom is -0.388 e. The Kier molecular flexibility index (Phi) is 9.01. The molecule has 33 heavy (non-hydrogen) atoms. The van der Waals surface area contributed by atoms with E-state index in [1.54, 1.807) is 7.05 Å². The summed E-state index contributed by atoms with van der Waals surface area (Å²) in [5.41, 5.74) is 6.58. The Morgan fingerprint density at radius 2 is 1.88 bits per heavy atom. The Balaban J connectivity index is 1.73. The standard InChI is InChI=1S/C27H38N4O2/c1-18-14-23(6-9-25(18)27(32)31-24-7-8-24)26(17-28-5)21(4)30-20(3)15-19(2)29-16-22-10-12-33-13-11-22/h6,9,14-15,17,22,24,29H,7-8,10-13,16H2,1-5H3,(H,31,32)/b19-15+,26-21-,28-17-,30-20-. The summed E-state index contributed by atoms with van der Waals surface area (Å²) < 4.78 is 5.44. The highest BCUT2D eigenvalue weighted by molar-refractivity contribution is 6.12. The highest BCUT2D eigenvalue weighted by Gasteiger charge is 2.24. The van der Waals surface area contributed by atoms with Gasteiger partial charge >= 0.3 is 0 Å². The highest BCUT2D eigenvalue weighted by Crippen LogP contribution is 2.23. The van der Waals surface area contributed by atoms with E-state index in [-0.39, 0.29) is 5.91 Å². The van der Waals surface area contributed by atoms with Crippen molar-refractivity contribution in [2.75, 3.05) is 26.8 Å². The lowest BCUT2D eigenvalue weighted by molar-refractivity contribution is 0.0670. The second-order valence-corrected chi connectivity index (χ2v) is 9.18. The van der Waals surface area contributed by atoms with E-state index in [0.29, 0.717) is 12.0 Å². The quantitative estimate of drug-likeness (QED) is 0.536. The number of rotatable bonds is 9. The van der Waals surface area contributed by atoms with Gasteiger partial charge in [0.1, 0.15) is 0 Å². The van der Waals surface area contributed by atoms with Gasteiger partial charge in [-0.15, -0.1) is 0 Å². The molecule has 1 saturated carbocycles. The number of nitrogens with zero attached hydrogens (tertiary/aromatic N) is 2. The van der Waals surface area contributed by atoms with Gasteiger partial charge in [-0.3, -0.25) is 14.8 Å². The third-order valence-electron chi connectivity index (χ3n) is 6.12. The van der Waals surface area contributed by atoms with Crippen molar-refractivity contribution in [3.8, 4) is 0 Å². The summed E-state index contributed by atoms with van der Waals surface area (Å²) in [4.78, 5) is 21.5. The Morgan fingerprint density at radius 3 is 2.52 bits per heavy atom. The number of benzene rings is 1. The van der Waals surface area contributed by atoms with Gasteiger partial charge in [0.2, 0.25) is 0 Å². The van der Waals surface area contributed by atoms with Gasteiger partial charge in [0, 0.05) is 67.3 Å². The van der Waals surface area contributed by atoms with Gasteiger partial charge in [0.05, 0.1) is 0 Å². The summed E-state index contributed by atoms with van der Waals surface area (Å²) in [6.45, 7) is 10.8. The monoisotopic (exact) mass is 450 g/mol. The molecule has 0 spiro atoms. The molecule has 1 aliphatic heterocycles. The van der Waals surface area contributed by atoms with Crippen molar-refractivity contribution >= 4 is 23.4 Å². The van der Waals surface area contributed by atoms with E-state index in [4.69, 9.17) is 9.73 Å². The predicted molar refractivity (Wildman–Crippen MR) is 137 cm³/mol. The number of hydrogen-bond acceptors (Lipinski definition) is 5. The largest absolute Gasteiger partial charge is 0.388 e. The van der Waals surface area contributed by atoms with Crippen LogP contribution in [0.1, 0.15) is 67.9 Å². The molecule has 0 radical (unpaired) electrons. The third-order valence-corrected chi connectivity index (χ3v) is 6.12. The average molecular weight is 451 g/mol. The van der Waals surface area contributed by atoms with Gasteiger partial charge in [0.25, 0.3) is 5.91 Å². The lowest BCUT2D eigenvalue weighted by atomic mass is 9.98. The summed E-state index contributed by atoms with van der Waals surface area (Å²) in [7, 11) is 1.76. The lowest BCUT2D eigenvalue weighted by Crippen LogP contribution is -2.27. The van der Waals surface area contributed by atoms with Crippen LogP contribution in [0.3, 0.4) is 0 Å². The Hall–Kier alpha value is -2.73. The number of hydrogen-bond donors (Lipinski definition) is 2. The molecule has 6 heteroatoms. The van der Waals surface area contributed by atoms with E-state index < -0.39 is 0 Å². The van der Waals surface area contributed by atoms with Crippen LogP contribution in [0.2, 0.25) is 0 Å². The van der Waals surface area contributed by atoms with Crippen molar-refractivity contribution in [2.45, 2.75) is 59.4 Å². The first-order valence-electron chi connectivity index (χ1n) is 12.0. The van der Waals surface area contributed by atoms with Crippen LogP contribution in [0, 0.1) is 12.8 Å². The van der Waals surface area contributed by atoms with E-state index in [0.717, 1.165) is 84.8 Å². The van der Waals surface area contributed by atoms with Crippen molar-refractivity contribution in [2.24, 2.45) is 15.9 Å². The summed E-state index contributed by atoms with van der Waals surface area (Å²) in [5.74, 6) is 0.682. The topological polar surface area (TPSA) is 75.1 Å². The van der Waals surface area contributed by atoms with Gasteiger partial charge < -0.3 is 15.4 Å². The molecule has 178 valence electrons. The van der Waals surface area contributed by atoms with Gasteiger partial charge in [-0.25, -0.2) is 0 Å². The zero-order chi connectivity index (χ0) is 23.8. The van der Waals surface area contributed by atoms with Crippen LogP contribution in [0.25, 0.3) is 5.57 Å². The predicted octanol–water partition coefficient (Wildman–Crippen LogP) is 4.70. The molecule has 3 rings (SSSR count). The molecule has 2 N–H and O–H groups in total. The molecule has 0 aromatic heterocycles. The molecule has 1 aromatic carbocycles. The molecule has 2 fully saturated rings. The van der Waals surface area contributed by atoms with E-state index in [9.17, 15) is 4.79 Å². The molecule has 6 nitrogen and oxygen atoms in total. The number of ether oxygens (including phenoxy) is 1. The summed E-state index contributed by atoms with van der Waals surface area (Å²) in [6, 6.07) is 6.28. The number of nitrogens with one attached hydrogen (secondary N) is 2. The fraction of sp³-hybridized carbons (Fsp3) is 0.519. The summed E-state index contributed by atoms with van der Waals surface area (Å²) in [6.07, 6.45) is 8.33. The number of carbonyl (C=O) groups is 1. The van der Waals surface area contributed by atoms with E-state index in [2.05, 4.69) is 28.6 Å². The van der Waals surface area contributed by atoms with E-state index >= 15 is 0 Å². The maximum absolute atomic E-state index is 12.5. The maximum atomic E-state index is 12.5. The minimum atomic E-state index is 0.00990. The number of allylic oxidation sites excluding steroid dienone is 4. The molecule has 2 aliphatic rings. The van der Waals surface area contributed by atoms with Crippen LogP contribution >= 0.6 is 0 Å². The second kappa shape index (κ2) is 11.9. The van der Waals surface area contributed by atoms with E-state index in [1.807, 2.05) is 45.2 Å². The first kappa shape index (κ1) is 24.9. The van der Waals surface area contributed by atoms with Crippen molar-refractivity contribution in [3.63, 3.8) is 0 Å². The average Bonchev–Trinajstić information content (AvgIpc) is 3.60. The minimum absolute atomic E-state index is 0.00990. The number of carbonyl (C=O) groups excluding carboxylic acids is 1. The maximum Gasteiger partial charge on any atom is 0.251 e. The summed E-state index contributed by atoms with van der Waals surface area (Å²) in [5, 5.41) is 6.59. The van der Waals surface area contributed by atoms with Crippen LogP contribution < -0.4 is 10.6 Å². The van der Waals surface area contributed by atoms with Crippen LogP contribution in [0.5, 0.6) is 0 Å². The number of aliphatic imine (C=N–C) groups is 2. The fourth-order valence-electron chi connectivity index (χ4n) is 4.06. The molecule has 1 saturated heterocycles. The van der Waals surface area contributed by atoms with Gasteiger partial charge in [-0.2, -0.15) is 0 Å². The SMILES string of the molecule is C\N=C/C(=C(C)/N=C(C)\C=C(/C)NCC1CCOCC1)c1ccc(C(=O)NC2CC2)c(C)c1. The summed E-state index contributed by atoms with van der Waals surface area (Å²) >= 11 is 0. The van der Waals surface area contributed by atoms with Gasteiger partial charge in [0.15, 0.2) is 0 Å². The Labute approximate surface area is 198 Å². The zero-order valence-electron chi connectivity index (χ0n) is 20.7. The van der Waals surface area contributed by atoms with Crippen molar-refractivity contribution in [3.05, 3.63) is 52.4 Å². The highest BCUT2D eigenvalue weighted by atomic mass is 16.5. The van der Waals surface area contributed by atoms with Gasteiger partial charge in [-0.05, 0) is 82.6 Å². The zero-order valence-corrected chi connectivity index (χ0v) is 20.7.